The first-order valence-corrected chi connectivity index (χ1v) is 8.83. The third-order valence-electron chi connectivity index (χ3n) is 4.88. The molecule has 0 saturated carbocycles. The number of rotatable bonds is 5. The molecule has 2 aromatic carbocycles. The minimum absolute atomic E-state index is 0.691. The first-order chi connectivity index (χ1) is 12.0. The number of piperidine rings is 1. The third-order valence-corrected chi connectivity index (χ3v) is 5.13. The van der Waals surface area contributed by atoms with Crippen molar-refractivity contribution >= 4 is 11.6 Å². The number of halogens is 1. The number of likely N-dealkylation sites (tertiary alicyclic amines) is 1. The second-order valence-electron chi connectivity index (χ2n) is 6.54. The summed E-state index contributed by atoms with van der Waals surface area (Å²) in [6.45, 7) is 2.47. The van der Waals surface area contributed by atoms with E-state index in [9.17, 15) is 5.11 Å². The largest absolute Gasteiger partial charge is 0.497 e. The number of methoxy groups -OCH3 is 2. The molecule has 0 bridgehead atoms. The van der Waals surface area contributed by atoms with Crippen LogP contribution in [0.4, 0.5) is 0 Å². The molecule has 2 aromatic rings. The number of hydrogen-bond acceptors (Lipinski definition) is 4. The molecule has 4 nitrogen and oxygen atoms in total. The summed E-state index contributed by atoms with van der Waals surface area (Å²) in [4.78, 5) is 2.35. The van der Waals surface area contributed by atoms with E-state index < -0.39 is 5.60 Å². The second-order valence-corrected chi connectivity index (χ2v) is 6.97. The molecule has 5 heteroatoms. The lowest BCUT2D eigenvalue weighted by Gasteiger charge is -2.38. The monoisotopic (exact) mass is 361 g/mol. The van der Waals surface area contributed by atoms with Gasteiger partial charge >= 0.3 is 0 Å². The Labute approximate surface area is 153 Å². The molecule has 0 aromatic heterocycles. The summed E-state index contributed by atoms with van der Waals surface area (Å²) in [6, 6.07) is 13.5. The maximum atomic E-state index is 11.0. The molecule has 0 aliphatic carbocycles. The fourth-order valence-electron chi connectivity index (χ4n) is 3.35. The number of nitrogens with zero attached hydrogens (tertiary/aromatic N) is 1. The van der Waals surface area contributed by atoms with Gasteiger partial charge in [0.2, 0.25) is 0 Å². The van der Waals surface area contributed by atoms with Crippen LogP contribution in [0.5, 0.6) is 11.5 Å². The molecule has 134 valence electrons. The van der Waals surface area contributed by atoms with Crippen LogP contribution in [0.1, 0.15) is 24.0 Å². The summed E-state index contributed by atoms with van der Waals surface area (Å²) in [6.07, 6.45) is 1.41. The van der Waals surface area contributed by atoms with E-state index in [2.05, 4.69) is 4.90 Å². The van der Waals surface area contributed by atoms with E-state index >= 15 is 0 Å². The molecule has 1 N–H and O–H groups in total. The number of benzene rings is 2. The van der Waals surface area contributed by atoms with Gasteiger partial charge in [0, 0.05) is 30.7 Å². The van der Waals surface area contributed by atoms with Gasteiger partial charge in [0.1, 0.15) is 11.5 Å². The minimum Gasteiger partial charge on any atom is -0.497 e. The molecule has 1 heterocycles. The lowest BCUT2D eigenvalue weighted by molar-refractivity contribution is -0.0277. The van der Waals surface area contributed by atoms with Gasteiger partial charge in [0.05, 0.1) is 19.8 Å². The van der Waals surface area contributed by atoms with Gasteiger partial charge in [-0.1, -0.05) is 23.7 Å². The predicted octanol–water partition coefficient (Wildman–Crippen LogP) is 3.84. The molecule has 0 amide bonds. The van der Waals surface area contributed by atoms with Crippen molar-refractivity contribution < 1.29 is 14.6 Å². The Morgan fingerprint density at radius 3 is 2.08 bits per heavy atom. The average Bonchev–Trinajstić information content (AvgIpc) is 2.64. The molecule has 1 fully saturated rings. The molecule has 0 atom stereocenters. The summed E-state index contributed by atoms with van der Waals surface area (Å²) in [5, 5.41) is 11.7. The fraction of sp³-hybridized carbons (Fsp3) is 0.400. The smallest absolute Gasteiger partial charge is 0.122 e. The number of hydrogen-bond donors (Lipinski definition) is 1. The van der Waals surface area contributed by atoms with Crippen LogP contribution in [0.15, 0.2) is 42.5 Å². The molecule has 0 unspecified atom stereocenters. The quantitative estimate of drug-likeness (QED) is 0.878. The second kappa shape index (κ2) is 7.65. The Kier molecular flexibility index (Phi) is 5.52. The van der Waals surface area contributed by atoms with Crippen molar-refractivity contribution in [3.63, 3.8) is 0 Å². The van der Waals surface area contributed by atoms with Crippen LogP contribution >= 0.6 is 11.6 Å². The SMILES string of the molecule is COc1cc(CN2CCC(O)(c3ccc(Cl)cc3)CC2)cc(OC)c1. The average molecular weight is 362 g/mol. The Balaban J connectivity index is 1.65. The van der Waals surface area contributed by atoms with Gasteiger partial charge in [-0.25, -0.2) is 0 Å². The van der Waals surface area contributed by atoms with Crippen LogP contribution in [-0.4, -0.2) is 37.3 Å². The van der Waals surface area contributed by atoms with Crippen molar-refractivity contribution in [1.29, 1.82) is 0 Å². The van der Waals surface area contributed by atoms with Crippen LogP contribution in [0.2, 0.25) is 5.02 Å². The maximum Gasteiger partial charge on any atom is 0.122 e. The zero-order chi connectivity index (χ0) is 17.9. The van der Waals surface area contributed by atoms with Gasteiger partial charge in [0.15, 0.2) is 0 Å². The Morgan fingerprint density at radius 1 is 1.00 bits per heavy atom. The predicted molar refractivity (Wildman–Crippen MR) is 99.4 cm³/mol. The van der Waals surface area contributed by atoms with E-state index in [0.717, 1.165) is 42.3 Å². The Bertz CT molecular complexity index is 687. The topological polar surface area (TPSA) is 41.9 Å². The van der Waals surface area contributed by atoms with Crippen LogP contribution in [0, 0.1) is 0 Å². The minimum atomic E-state index is -0.771. The highest BCUT2D eigenvalue weighted by atomic mass is 35.5. The molecular weight excluding hydrogens is 338 g/mol. The van der Waals surface area contributed by atoms with Crippen molar-refractivity contribution in [2.45, 2.75) is 25.0 Å². The molecule has 1 aliphatic rings. The third kappa shape index (κ3) is 4.27. The van der Waals surface area contributed by atoms with Gasteiger partial charge in [-0.3, -0.25) is 4.90 Å². The van der Waals surface area contributed by atoms with Crippen molar-refractivity contribution in [1.82, 2.24) is 4.90 Å². The van der Waals surface area contributed by atoms with E-state index in [-0.39, 0.29) is 0 Å². The first-order valence-electron chi connectivity index (χ1n) is 8.45. The first kappa shape index (κ1) is 18.1. The van der Waals surface area contributed by atoms with E-state index in [1.165, 1.54) is 0 Å². The molecule has 0 spiro atoms. The summed E-state index contributed by atoms with van der Waals surface area (Å²) in [5.41, 5.74) is 1.32. The normalized spacial score (nSPS) is 17.3. The summed E-state index contributed by atoms with van der Waals surface area (Å²) in [5.74, 6) is 1.59. The van der Waals surface area contributed by atoms with Crippen molar-refractivity contribution in [2.24, 2.45) is 0 Å². The van der Waals surface area contributed by atoms with Crippen LogP contribution in [0.3, 0.4) is 0 Å². The highest BCUT2D eigenvalue weighted by Gasteiger charge is 2.33. The molecule has 0 radical (unpaired) electrons. The van der Waals surface area contributed by atoms with E-state index in [1.807, 2.05) is 42.5 Å². The molecule has 1 aliphatic heterocycles. The fourth-order valence-corrected chi connectivity index (χ4v) is 3.47. The maximum absolute atomic E-state index is 11.0. The van der Waals surface area contributed by atoms with Gasteiger partial charge in [-0.05, 0) is 48.2 Å². The lowest BCUT2D eigenvalue weighted by atomic mass is 9.84. The molecule has 25 heavy (non-hydrogen) atoms. The van der Waals surface area contributed by atoms with Crippen molar-refractivity contribution in [3.05, 3.63) is 58.6 Å². The van der Waals surface area contributed by atoms with E-state index in [0.29, 0.717) is 17.9 Å². The summed E-state index contributed by atoms with van der Waals surface area (Å²) in [7, 11) is 3.32. The zero-order valence-corrected chi connectivity index (χ0v) is 15.4. The van der Waals surface area contributed by atoms with E-state index in [4.69, 9.17) is 21.1 Å². The van der Waals surface area contributed by atoms with Gasteiger partial charge in [-0.15, -0.1) is 0 Å². The highest BCUT2D eigenvalue weighted by Crippen LogP contribution is 2.34. The molecule has 1 saturated heterocycles. The van der Waals surface area contributed by atoms with Crippen LogP contribution < -0.4 is 9.47 Å². The molecule has 3 rings (SSSR count). The Morgan fingerprint density at radius 2 is 1.56 bits per heavy atom. The van der Waals surface area contributed by atoms with Gasteiger partial charge < -0.3 is 14.6 Å². The highest BCUT2D eigenvalue weighted by molar-refractivity contribution is 6.30. The number of ether oxygens (including phenoxy) is 2. The lowest BCUT2D eigenvalue weighted by Crippen LogP contribution is -2.42. The number of aliphatic hydroxyl groups is 1. The standard InChI is InChI=1S/C20H24ClNO3/c1-24-18-11-15(12-19(13-18)25-2)14-22-9-7-20(23,8-10-22)16-3-5-17(21)6-4-16/h3-6,11-13,23H,7-10,14H2,1-2H3. The zero-order valence-electron chi connectivity index (χ0n) is 14.7. The molecular formula is C20H24ClNO3. The van der Waals surface area contributed by atoms with Crippen molar-refractivity contribution in [2.75, 3.05) is 27.3 Å². The van der Waals surface area contributed by atoms with Gasteiger partial charge in [0.25, 0.3) is 0 Å². The van der Waals surface area contributed by atoms with Crippen molar-refractivity contribution in [3.8, 4) is 11.5 Å². The van der Waals surface area contributed by atoms with Crippen LogP contribution in [0.25, 0.3) is 0 Å². The summed E-state index contributed by atoms with van der Waals surface area (Å²) < 4.78 is 10.7. The van der Waals surface area contributed by atoms with Gasteiger partial charge in [-0.2, -0.15) is 0 Å². The Hall–Kier alpha value is -1.75. The van der Waals surface area contributed by atoms with E-state index in [1.54, 1.807) is 14.2 Å². The van der Waals surface area contributed by atoms with Crippen LogP contribution in [-0.2, 0) is 12.1 Å². The summed E-state index contributed by atoms with van der Waals surface area (Å²) >= 11 is 5.95.